The van der Waals surface area contributed by atoms with Gasteiger partial charge in [0, 0.05) is 6.42 Å². The van der Waals surface area contributed by atoms with Crippen LogP contribution in [0, 0.1) is 0 Å². The molecule has 0 bridgehead atoms. The van der Waals surface area contributed by atoms with Crippen LogP contribution in [0.3, 0.4) is 0 Å². The van der Waals surface area contributed by atoms with Crippen molar-refractivity contribution in [3.63, 3.8) is 0 Å². The average Bonchev–Trinajstić information content (AvgIpc) is 2.43. The van der Waals surface area contributed by atoms with Crippen LogP contribution < -0.4 is 0 Å². The van der Waals surface area contributed by atoms with Gasteiger partial charge in [-0.05, 0) is 22.4 Å². The molecule has 72 valence electrons. The highest BCUT2D eigenvalue weighted by molar-refractivity contribution is 9.11. The van der Waals surface area contributed by atoms with Gasteiger partial charge in [-0.25, -0.2) is 4.98 Å². The summed E-state index contributed by atoms with van der Waals surface area (Å²) in [4.78, 5) is 14.6. The van der Waals surface area contributed by atoms with Crippen molar-refractivity contribution in [1.82, 2.24) is 4.98 Å². The fourth-order valence-corrected chi connectivity index (χ4v) is 2.72. The molecule has 1 aromatic rings. The molecule has 1 aromatic heterocycles. The summed E-state index contributed by atoms with van der Waals surface area (Å²) in [6.45, 7) is 2.03. The van der Waals surface area contributed by atoms with E-state index in [0.717, 1.165) is 20.9 Å². The Morgan fingerprint density at radius 2 is 2.38 bits per heavy atom. The molecule has 0 saturated carbocycles. The summed E-state index contributed by atoms with van der Waals surface area (Å²) in [5, 5.41) is 9.37. The summed E-state index contributed by atoms with van der Waals surface area (Å²) in [7, 11) is 0. The Kier molecular flexibility index (Phi) is 3.87. The van der Waals surface area contributed by atoms with Crippen LogP contribution in [0.25, 0.3) is 0 Å². The van der Waals surface area contributed by atoms with Gasteiger partial charge in [0.15, 0.2) is 0 Å². The highest BCUT2D eigenvalue weighted by Gasteiger charge is 2.08. The summed E-state index contributed by atoms with van der Waals surface area (Å²) in [6.07, 6.45) is 1.56. The maximum atomic E-state index is 10.3. The quantitative estimate of drug-likeness (QED) is 0.908. The number of aliphatic carboxylic acids is 1. The standard InChI is InChI=1S/C8H10BrNO2S/c1-2-5-8(9)13-6(10-5)3-4-7(11)12/h2-4H2,1H3,(H,11,12). The van der Waals surface area contributed by atoms with E-state index in [1.54, 1.807) is 0 Å². The smallest absolute Gasteiger partial charge is 0.303 e. The van der Waals surface area contributed by atoms with Crippen molar-refractivity contribution in [1.29, 1.82) is 0 Å². The summed E-state index contributed by atoms with van der Waals surface area (Å²) in [5.74, 6) is -0.774. The Morgan fingerprint density at radius 3 is 2.85 bits per heavy atom. The van der Waals surface area contributed by atoms with Gasteiger partial charge in [0.1, 0.15) is 0 Å². The number of carboxylic acid groups (broad SMARTS) is 1. The minimum atomic E-state index is -0.774. The lowest BCUT2D eigenvalue weighted by molar-refractivity contribution is -0.136. The van der Waals surface area contributed by atoms with Crippen molar-refractivity contribution < 1.29 is 9.90 Å². The van der Waals surface area contributed by atoms with E-state index >= 15 is 0 Å². The number of carboxylic acids is 1. The van der Waals surface area contributed by atoms with Crippen LogP contribution in [0.5, 0.6) is 0 Å². The zero-order valence-corrected chi connectivity index (χ0v) is 9.61. The van der Waals surface area contributed by atoms with Crippen LogP contribution in [-0.4, -0.2) is 16.1 Å². The van der Waals surface area contributed by atoms with Gasteiger partial charge in [-0.1, -0.05) is 6.92 Å². The van der Waals surface area contributed by atoms with Crippen molar-refractivity contribution >= 4 is 33.2 Å². The Hall–Kier alpha value is -0.420. The zero-order chi connectivity index (χ0) is 9.84. The molecule has 0 aliphatic carbocycles. The fourth-order valence-electron chi connectivity index (χ4n) is 0.918. The lowest BCUT2D eigenvalue weighted by Crippen LogP contribution is -1.97. The number of aryl methyl sites for hydroxylation is 2. The second-order valence-electron chi connectivity index (χ2n) is 2.58. The minimum Gasteiger partial charge on any atom is -0.481 e. The molecule has 1 N–H and O–H groups in total. The van der Waals surface area contributed by atoms with E-state index in [1.807, 2.05) is 6.92 Å². The Labute approximate surface area is 88.9 Å². The van der Waals surface area contributed by atoms with Gasteiger partial charge in [-0.2, -0.15) is 0 Å². The number of hydrogen-bond acceptors (Lipinski definition) is 3. The van der Waals surface area contributed by atoms with Gasteiger partial charge >= 0.3 is 5.97 Å². The summed E-state index contributed by atoms with van der Waals surface area (Å²) in [5.41, 5.74) is 1.02. The van der Waals surface area contributed by atoms with Gasteiger partial charge in [0.2, 0.25) is 0 Å². The molecule has 0 fully saturated rings. The predicted octanol–water partition coefficient (Wildman–Crippen LogP) is 2.49. The number of nitrogens with zero attached hydrogens (tertiary/aromatic N) is 1. The number of thiazole rings is 1. The lowest BCUT2D eigenvalue weighted by Gasteiger charge is -1.89. The minimum absolute atomic E-state index is 0.156. The van der Waals surface area contributed by atoms with E-state index < -0.39 is 5.97 Å². The van der Waals surface area contributed by atoms with E-state index in [0.29, 0.717) is 6.42 Å². The molecule has 0 amide bonds. The maximum absolute atomic E-state index is 10.3. The van der Waals surface area contributed by atoms with Crippen LogP contribution in [0.4, 0.5) is 0 Å². The van der Waals surface area contributed by atoms with Gasteiger partial charge in [0.05, 0.1) is 20.9 Å². The summed E-state index contributed by atoms with van der Waals surface area (Å²) in [6, 6.07) is 0. The Balaban J connectivity index is 2.62. The monoisotopic (exact) mass is 263 g/mol. The van der Waals surface area contributed by atoms with E-state index in [4.69, 9.17) is 5.11 Å². The van der Waals surface area contributed by atoms with Gasteiger partial charge in [0.25, 0.3) is 0 Å². The zero-order valence-electron chi connectivity index (χ0n) is 7.21. The third-order valence-electron chi connectivity index (χ3n) is 1.58. The third kappa shape index (κ3) is 3.08. The van der Waals surface area contributed by atoms with Crippen LogP contribution in [0.2, 0.25) is 0 Å². The largest absolute Gasteiger partial charge is 0.481 e. The van der Waals surface area contributed by atoms with Crippen molar-refractivity contribution in [3.8, 4) is 0 Å². The molecule has 0 aliphatic rings. The Morgan fingerprint density at radius 1 is 1.69 bits per heavy atom. The number of hydrogen-bond donors (Lipinski definition) is 1. The van der Waals surface area contributed by atoms with Crippen molar-refractivity contribution in [2.45, 2.75) is 26.2 Å². The SMILES string of the molecule is CCc1nc(CCC(=O)O)sc1Br. The van der Waals surface area contributed by atoms with Crippen LogP contribution in [-0.2, 0) is 17.6 Å². The summed E-state index contributed by atoms with van der Waals surface area (Å²) < 4.78 is 1.02. The van der Waals surface area contributed by atoms with Crippen LogP contribution in [0.1, 0.15) is 24.0 Å². The first-order chi connectivity index (χ1) is 6.13. The molecule has 0 aliphatic heterocycles. The predicted molar refractivity (Wildman–Crippen MR) is 55.1 cm³/mol. The molecule has 1 rings (SSSR count). The van der Waals surface area contributed by atoms with Crippen molar-refractivity contribution in [2.75, 3.05) is 0 Å². The normalized spacial score (nSPS) is 10.3. The summed E-state index contributed by atoms with van der Waals surface area (Å²) >= 11 is 4.92. The molecule has 0 radical (unpaired) electrons. The topological polar surface area (TPSA) is 50.2 Å². The Bertz CT molecular complexity index is 311. The molecular formula is C8H10BrNO2S. The first-order valence-electron chi connectivity index (χ1n) is 3.99. The molecular weight excluding hydrogens is 254 g/mol. The highest BCUT2D eigenvalue weighted by atomic mass is 79.9. The van der Waals surface area contributed by atoms with Crippen LogP contribution >= 0.6 is 27.3 Å². The molecule has 0 unspecified atom stereocenters. The lowest BCUT2D eigenvalue weighted by atomic mass is 10.3. The van der Waals surface area contributed by atoms with Gasteiger partial charge in [-0.3, -0.25) is 4.79 Å². The van der Waals surface area contributed by atoms with Gasteiger partial charge in [-0.15, -0.1) is 11.3 Å². The van der Waals surface area contributed by atoms with Crippen molar-refractivity contribution in [3.05, 3.63) is 14.5 Å². The third-order valence-corrected chi connectivity index (χ3v) is 3.47. The molecule has 0 spiro atoms. The number of carbonyl (C=O) groups is 1. The molecule has 0 saturated heterocycles. The van der Waals surface area contributed by atoms with E-state index in [1.165, 1.54) is 11.3 Å². The molecule has 5 heteroatoms. The molecule has 0 atom stereocenters. The molecule has 0 aromatic carbocycles. The maximum Gasteiger partial charge on any atom is 0.303 e. The number of rotatable bonds is 4. The van der Waals surface area contributed by atoms with E-state index in [2.05, 4.69) is 20.9 Å². The molecule has 1 heterocycles. The molecule has 3 nitrogen and oxygen atoms in total. The highest BCUT2D eigenvalue weighted by Crippen LogP contribution is 2.25. The average molecular weight is 264 g/mol. The number of halogens is 1. The van der Waals surface area contributed by atoms with E-state index in [-0.39, 0.29) is 6.42 Å². The van der Waals surface area contributed by atoms with E-state index in [9.17, 15) is 4.79 Å². The molecule has 13 heavy (non-hydrogen) atoms. The fraction of sp³-hybridized carbons (Fsp3) is 0.500. The second-order valence-corrected chi connectivity index (χ2v) is 4.98. The van der Waals surface area contributed by atoms with Gasteiger partial charge < -0.3 is 5.11 Å². The van der Waals surface area contributed by atoms with Crippen molar-refractivity contribution in [2.24, 2.45) is 0 Å². The second kappa shape index (κ2) is 4.72. The first-order valence-corrected chi connectivity index (χ1v) is 5.60. The number of aromatic nitrogens is 1. The first kappa shape index (κ1) is 10.7. The van der Waals surface area contributed by atoms with Crippen LogP contribution in [0.15, 0.2) is 3.79 Å².